The van der Waals surface area contributed by atoms with Gasteiger partial charge >= 0.3 is 0 Å². The minimum Gasteiger partial charge on any atom is -0.492 e. The number of carbonyl (C=O) groups excluding carboxylic acids is 1. The van der Waals surface area contributed by atoms with Crippen LogP contribution in [0.5, 0.6) is 5.75 Å². The average molecular weight is 287 g/mol. The highest BCUT2D eigenvalue weighted by molar-refractivity contribution is 9.10. The zero-order valence-corrected chi connectivity index (χ0v) is 10.0. The van der Waals surface area contributed by atoms with E-state index in [1.165, 1.54) is 0 Å². The van der Waals surface area contributed by atoms with Crippen LogP contribution in [0.25, 0.3) is 0 Å². The Morgan fingerprint density at radius 1 is 1.38 bits per heavy atom. The largest absolute Gasteiger partial charge is 0.492 e. The quantitative estimate of drug-likeness (QED) is 0.851. The monoisotopic (exact) mass is 286 g/mol. The van der Waals surface area contributed by atoms with Gasteiger partial charge in [-0.05, 0) is 18.2 Å². The third kappa shape index (κ3) is 1.65. The molecule has 2 rings (SSSR count). The molecule has 0 unspecified atom stereocenters. The van der Waals surface area contributed by atoms with E-state index in [1.807, 2.05) is 0 Å². The Morgan fingerprint density at radius 3 is 2.69 bits per heavy atom. The third-order valence-electron chi connectivity index (χ3n) is 2.78. The van der Waals surface area contributed by atoms with Crippen molar-refractivity contribution in [3.8, 4) is 5.75 Å². The van der Waals surface area contributed by atoms with Gasteiger partial charge in [0.1, 0.15) is 17.8 Å². The van der Waals surface area contributed by atoms with E-state index in [1.54, 1.807) is 18.2 Å². The van der Waals surface area contributed by atoms with E-state index in [0.717, 1.165) is 4.47 Å². The van der Waals surface area contributed by atoms with Gasteiger partial charge < -0.3 is 14.9 Å². The Bertz CT molecular complexity index is 426. The summed E-state index contributed by atoms with van der Waals surface area (Å²) in [6.45, 7) is -0.837. The van der Waals surface area contributed by atoms with Crippen LogP contribution in [0.3, 0.4) is 0 Å². The van der Waals surface area contributed by atoms with Crippen LogP contribution in [0.1, 0.15) is 10.4 Å². The summed E-state index contributed by atoms with van der Waals surface area (Å²) in [5, 5.41) is 18.5. The molecular formula is C11H11BrO4. The van der Waals surface area contributed by atoms with Crippen LogP contribution in [-0.2, 0) is 0 Å². The van der Waals surface area contributed by atoms with Crippen LogP contribution in [-0.4, -0.2) is 35.8 Å². The molecule has 1 aromatic carbocycles. The van der Waals surface area contributed by atoms with E-state index in [0.29, 0.717) is 11.3 Å². The lowest BCUT2D eigenvalue weighted by Crippen LogP contribution is -2.46. The number of hydrogen-bond acceptors (Lipinski definition) is 4. The van der Waals surface area contributed by atoms with Crippen molar-refractivity contribution >= 4 is 21.7 Å². The molecule has 0 saturated heterocycles. The molecule has 0 spiro atoms. The highest BCUT2D eigenvalue weighted by Gasteiger charge is 2.43. The van der Waals surface area contributed by atoms with Gasteiger partial charge in [0, 0.05) is 4.47 Å². The van der Waals surface area contributed by atoms with Gasteiger partial charge in [-0.2, -0.15) is 0 Å². The topological polar surface area (TPSA) is 66.8 Å². The van der Waals surface area contributed by atoms with E-state index >= 15 is 0 Å². The van der Waals surface area contributed by atoms with Crippen molar-refractivity contribution in [2.45, 2.75) is 0 Å². The molecule has 0 bridgehead atoms. The Balaban J connectivity index is 2.49. The zero-order valence-electron chi connectivity index (χ0n) is 8.44. The van der Waals surface area contributed by atoms with E-state index in [2.05, 4.69) is 15.9 Å². The fraction of sp³-hybridized carbons (Fsp3) is 0.364. The fourth-order valence-electron chi connectivity index (χ4n) is 1.66. The van der Waals surface area contributed by atoms with E-state index < -0.39 is 18.6 Å². The van der Waals surface area contributed by atoms with Gasteiger partial charge in [-0.25, -0.2) is 0 Å². The Morgan fingerprint density at radius 2 is 2.06 bits per heavy atom. The second kappa shape index (κ2) is 4.16. The number of ether oxygens (including phenoxy) is 1. The molecule has 1 aromatic rings. The molecule has 0 aromatic heterocycles. The number of rotatable bonds is 2. The Hall–Kier alpha value is -0.910. The number of halogens is 1. The summed E-state index contributed by atoms with van der Waals surface area (Å²) >= 11 is 3.27. The molecule has 86 valence electrons. The van der Waals surface area contributed by atoms with E-state index in [9.17, 15) is 15.0 Å². The lowest BCUT2D eigenvalue weighted by Gasteiger charge is -2.33. The molecule has 0 aliphatic carbocycles. The van der Waals surface area contributed by atoms with Crippen LogP contribution in [0, 0.1) is 5.41 Å². The van der Waals surface area contributed by atoms with Crippen molar-refractivity contribution in [1.29, 1.82) is 0 Å². The molecule has 0 atom stereocenters. The molecule has 1 aliphatic heterocycles. The molecule has 2 N–H and O–H groups in total. The first-order valence-electron chi connectivity index (χ1n) is 4.82. The molecule has 4 nitrogen and oxygen atoms in total. The summed E-state index contributed by atoms with van der Waals surface area (Å²) in [6.07, 6.45) is 0. The highest BCUT2D eigenvalue weighted by atomic mass is 79.9. The lowest BCUT2D eigenvalue weighted by atomic mass is 9.80. The molecule has 5 heteroatoms. The third-order valence-corrected chi connectivity index (χ3v) is 3.27. The van der Waals surface area contributed by atoms with Gasteiger partial charge in [0.2, 0.25) is 0 Å². The zero-order chi connectivity index (χ0) is 11.8. The van der Waals surface area contributed by atoms with Crippen LogP contribution >= 0.6 is 15.9 Å². The van der Waals surface area contributed by atoms with Gasteiger partial charge in [-0.1, -0.05) is 15.9 Å². The van der Waals surface area contributed by atoms with Gasteiger partial charge in [-0.15, -0.1) is 0 Å². The normalized spacial score (nSPS) is 17.8. The first kappa shape index (κ1) is 11.6. The number of benzene rings is 1. The van der Waals surface area contributed by atoms with E-state index in [4.69, 9.17) is 4.74 Å². The minimum absolute atomic E-state index is 0.00741. The van der Waals surface area contributed by atoms with Gasteiger partial charge in [0.25, 0.3) is 0 Å². The molecule has 1 heterocycles. The van der Waals surface area contributed by atoms with Crippen molar-refractivity contribution in [2.24, 2.45) is 5.41 Å². The van der Waals surface area contributed by atoms with Gasteiger partial charge in [-0.3, -0.25) is 4.79 Å². The van der Waals surface area contributed by atoms with Crippen LogP contribution in [0.15, 0.2) is 22.7 Å². The summed E-state index contributed by atoms with van der Waals surface area (Å²) in [7, 11) is 0. The van der Waals surface area contributed by atoms with Gasteiger partial charge in [0.05, 0.1) is 18.8 Å². The molecule has 0 fully saturated rings. The highest BCUT2D eigenvalue weighted by Crippen LogP contribution is 2.35. The van der Waals surface area contributed by atoms with Crippen LogP contribution < -0.4 is 4.74 Å². The maximum atomic E-state index is 12.1. The van der Waals surface area contributed by atoms with Crippen molar-refractivity contribution in [2.75, 3.05) is 19.8 Å². The number of ketones is 1. The second-order valence-electron chi connectivity index (χ2n) is 3.85. The minimum atomic E-state index is -1.21. The first-order valence-corrected chi connectivity index (χ1v) is 5.61. The van der Waals surface area contributed by atoms with Crippen LogP contribution in [0.2, 0.25) is 0 Å². The SMILES string of the molecule is O=C1c2cc(Br)ccc2OCC1(CO)CO. The smallest absolute Gasteiger partial charge is 0.180 e. The van der Waals surface area contributed by atoms with Gasteiger partial charge in [0.15, 0.2) is 5.78 Å². The fourth-order valence-corrected chi connectivity index (χ4v) is 2.02. The first-order chi connectivity index (χ1) is 7.63. The molecule has 1 aliphatic rings. The summed E-state index contributed by atoms with van der Waals surface area (Å²) in [6, 6.07) is 5.10. The molecule has 0 amide bonds. The van der Waals surface area contributed by atoms with Crippen LogP contribution in [0.4, 0.5) is 0 Å². The predicted octanol–water partition coefficient (Wildman–Crippen LogP) is 0.995. The van der Waals surface area contributed by atoms with E-state index in [-0.39, 0.29) is 12.4 Å². The molecule has 0 saturated carbocycles. The molecule has 0 radical (unpaired) electrons. The molecule has 16 heavy (non-hydrogen) atoms. The Labute approximate surface area is 101 Å². The summed E-state index contributed by atoms with van der Waals surface area (Å²) < 4.78 is 6.14. The number of carbonyl (C=O) groups is 1. The summed E-state index contributed by atoms with van der Waals surface area (Å²) in [5.41, 5.74) is -0.822. The van der Waals surface area contributed by atoms with Crippen molar-refractivity contribution in [3.05, 3.63) is 28.2 Å². The summed E-state index contributed by atoms with van der Waals surface area (Å²) in [4.78, 5) is 12.1. The second-order valence-corrected chi connectivity index (χ2v) is 4.77. The maximum Gasteiger partial charge on any atom is 0.180 e. The summed E-state index contributed by atoms with van der Waals surface area (Å²) in [5.74, 6) is 0.214. The number of Topliss-reactive ketones (excluding diaryl/α,β-unsaturated/α-hetero) is 1. The number of hydrogen-bond donors (Lipinski definition) is 2. The number of aliphatic hydroxyl groups is 2. The predicted molar refractivity (Wildman–Crippen MR) is 60.6 cm³/mol. The maximum absolute atomic E-state index is 12.1. The standard InChI is InChI=1S/C11H11BrO4/c12-7-1-2-9-8(3-7)10(15)11(4-13,5-14)6-16-9/h1-3,13-14H,4-6H2. The van der Waals surface area contributed by atoms with Crippen molar-refractivity contribution in [3.63, 3.8) is 0 Å². The Kier molecular flexibility index (Phi) is 3.01. The average Bonchev–Trinajstić information content (AvgIpc) is 2.31. The van der Waals surface area contributed by atoms with Crippen molar-refractivity contribution < 1.29 is 19.7 Å². The molecular weight excluding hydrogens is 276 g/mol. The van der Waals surface area contributed by atoms with Crippen molar-refractivity contribution in [1.82, 2.24) is 0 Å². The lowest BCUT2D eigenvalue weighted by molar-refractivity contribution is 0.0112. The number of aliphatic hydroxyl groups excluding tert-OH is 2. The number of fused-ring (bicyclic) bond motifs is 1.